The third-order valence-electron chi connectivity index (χ3n) is 5.15. The van der Waals surface area contributed by atoms with Crippen molar-refractivity contribution in [3.05, 3.63) is 107 Å². The van der Waals surface area contributed by atoms with Gasteiger partial charge in [0.25, 0.3) is 11.8 Å². The summed E-state index contributed by atoms with van der Waals surface area (Å²) in [5.74, 6) is -1.31. The zero-order valence-electron chi connectivity index (χ0n) is 17.2. The second kappa shape index (κ2) is 9.22. The van der Waals surface area contributed by atoms with E-state index in [9.17, 15) is 19.8 Å². The van der Waals surface area contributed by atoms with Crippen LogP contribution in [0.15, 0.2) is 79.0 Å². The van der Waals surface area contributed by atoms with Gasteiger partial charge in [0.15, 0.2) is 11.5 Å². The molecule has 0 bridgehead atoms. The second-order valence-electron chi connectivity index (χ2n) is 7.44. The molecule has 1 aliphatic heterocycles. The summed E-state index contributed by atoms with van der Waals surface area (Å²) in [6.45, 7) is 0.324. The molecule has 0 aromatic heterocycles. The van der Waals surface area contributed by atoms with Gasteiger partial charge in [-0.15, -0.1) is 0 Å². The number of hydrogen-bond acceptors (Lipinski definition) is 5. The highest BCUT2D eigenvalue weighted by Crippen LogP contribution is 2.27. The number of phenols is 2. The summed E-state index contributed by atoms with van der Waals surface area (Å²) in [6, 6.07) is 20.0. The molecule has 1 aliphatic rings. The van der Waals surface area contributed by atoms with Crippen molar-refractivity contribution in [3.8, 4) is 11.5 Å². The van der Waals surface area contributed by atoms with E-state index in [0.717, 1.165) is 17.5 Å². The average Bonchev–Trinajstić information content (AvgIpc) is 2.79. The number of benzene rings is 3. The first-order valence-corrected chi connectivity index (χ1v) is 10.2. The molecule has 2 amide bonds. The van der Waals surface area contributed by atoms with Gasteiger partial charge in [0.2, 0.25) is 0 Å². The molecule has 1 heterocycles. The first kappa shape index (κ1) is 20.9. The third-order valence-corrected chi connectivity index (χ3v) is 5.15. The van der Waals surface area contributed by atoms with Gasteiger partial charge in [0.05, 0.1) is 5.57 Å². The lowest BCUT2D eigenvalue weighted by Crippen LogP contribution is -2.37. The molecule has 0 spiro atoms. The lowest BCUT2D eigenvalue weighted by Gasteiger charge is -2.19. The average molecular weight is 426 g/mol. The zero-order valence-corrected chi connectivity index (χ0v) is 17.2. The number of imide groups is 1. The number of aromatic hydroxyl groups is 2. The minimum Gasteiger partial charge on any atom is -0.504 e. The van der Waals surface area contributed by atoms with Gasteiger partial charge in [-0.2, -0.15) is 0 Å². The molecule has 0 atom stereocenters. The van der Waals surface area contributed by atoms with Gasteiger partial charge >= 0.3 is 0 Å². The number of carbonyl (C=O) groups is 2. The Bertz CT molecular complexity index is 1230. The molecule has 3 aromatic rings. The Hall–Kier alpha value is -4.32. The van der Waals surface area contributed by atoms with Gasteiger partial charge in [-0.3, -0.25) is 14.9 Å². The molecule has 0 aliphatic carbocycles. The largest absolute Gasteiger partial charge is 0.504 e. The maximum absolute atomic E-state index is 12.5. The molecule has 0 saturated carbocycles. The van der Waals surface area contributed by atoms with E-state index in [-0.39, 0.29) is 11.5 Å². The van der Waals surface area contributed by atoms with Crippen LogP contribution in [0.1, 0.15) is 32.6 Å². The van der Waals surface area contributed by atoms with Crippen LogP contribution in [-0.4, -0.2) is 22.0 Å². The van der Waals surface area contributed by atoms with Crippen molar-refractivity contribution >= 4 is 23.5 Å². The van der Waals surface area contributed by atoms with Crippen LogP contribution in [-0.2, 0) is 17.8 Å². The number of fused-ring (bicyclic) bond motifs is 1. The predicted octanol–water partition coefficient (Wildman–Crippen LogP) is 3.75. The minimum absolute atomic E-state index is 0.195. The van der Waals surface area contributed by atoms with Gasteiger partial charge in [0, 0.05) is 23.9 Å². The van der Waals surface area contributed by atoms with Crippen molar-refractivity contribution in [1.29, 1.82) is 0 Å². The van der Waals surface area contributed by atoms with Crippen molar-refractivity contribution in [2.75, 3.05) is 0 Å². The van der Waals surface area contributed by atoms with Crippen LogP contribution in [0.25, 0.3) is 11.6 Å². The van der Waals surface area contributed by atoms with E-state index in [1.165, 1.54) is 17.7 Å². The van der Waals surface area contributed by atoms with E-state index in [1.54, 1.807) is 18.3 Å². The molecule has 0 fully saturated rings. The number of allylic oxidation sites excluding steroid dienone is 1. The van der Waals surface area contributed by atoms with E-state index in [2.05, 4.69) is 22.8 Å². The molecule has 160 valence electrons. The van der Waals surface area contributed by atoms with Crippen molar-refractivity contribution in [1.82, 2.24) is 10.6 Å². The van der Waals surface area contributed by atoms with E-state index < -0.39 is 11.8 Å². The topological polar surface area (TPSA) is 98.7 Å². The fraction of sp³-hybridized carbons (Fsp3) is 0.0769. The van der Waals surface area contributed by atoms with E-state index in [4.69, 9.17) is 0 Å². The zero-order chi connectivity index (χ0) is 22.5. The third kappa shape index (κ3) is 4.70. The van der Waals surface area contributed by atoms with E-state index in [1.807, 2.05) is 42.5 Å². The highest BCUT2D eigenvalue weighted by atomic mass is 16.3. The standard InChI is InChI=1S/C26H22N2O4/c29-23-12-10-19(14-24(23)30)15-27-16-22-21-13-18(8-4-7-17-5-2-1-3-6-17)9-11-20(21)25(31)28-26(22)32/h1-6,8-14,16,27,29-30H,7,15H2,(H,28,31,32). The molecule has 0 radical (unpaired) electrons. The number of phenolic OH excluding ortho intramolecular Hbond substituents is 2. The van der Waals surface area contributed by atoms with Crippen LogP contribution in [0, 0.1) is 0 Å². The fourth-order valence-electron chi connectivity index (χ4n) is 3.48. The maximum Gasteiger partial charge on any atom is 0.260 e. The summed E-state index contributed by atoms with van der Waals surface area (Å²) in [5.41, 5.74) is 4.14. The monoisotopic (exact) mass is 426 g/mol. The Kier molecular flexibility index (Phi) is 6.03. The van der Waals surface area contributed by atoms with Gasteiger partial charge in [-0.25, -0.2) is 0 Å². The molecule has 3 aromatic carbocycles. The van der Waals surface area contributed by atoms with Gasteiger partial charge in [0.1, 0.15) is 0 Å². The summed E-state index contributed by atoms with van der Waals surface area (Å²) in [5, 5.41) is 24.4. The van der Waals surface area contributed by atoms with Crippen LogP contribution >= 0.6 is 0 Å². The van der Waals surface area contributed by atoms with Gasteiger partial charge < -0.3 is 15.5 Å². The highest BCUT2D eigenvalue weighted by molar-refractivity contribution is 6.31. The van der Waals surface area contributed by atoms with Crippen molar-refractivity contribution < 1.29 is 19.8 Å². The first-order valence-electron chi connectivity index (χ1n) is 10.2. The molecule has 6 heteroatoms. The molecule has 6 nitrogen and oxygen atoms in total. The molecule has 0 saturated heterocycles. The summed E-state index contributed by atoms with van der Waals surface area (Å²) in [7, 11) is 0. The van der Waals surface area contributed by atoms with E-state index >= 15 is 0 Å². The molecular weight excluding hydrogens is 404 g/mol. The number of carbonyl (C=O) groups excluding carboxylic acids is 2. The summed E-state index contributed by atoms with van der Waals surface area (Å²) < 4.78 is 0. The summed E-state index contributed by atoms with van der Waals surface area (Å²) >= 11 is 0. The van der Waals surface area contributed by atoms with Gasteiger partial charge in [-0.05, 0) is 47.4 Å². The molecule has 4 N–H and O–H groups in total. The number of nitrogens with one attached hydrogen (secondary N) is 2. The van der Waals surface area contributed by atoms with Crippen LogP contribution in [0.2, 0.25) is 0 Å². The highest BCUT2D eigenvalue weighted by Gasteiger charge is 2.27. The molecule has 32 heavy (non-hydrogen) atoms. The maximum atomic E-state index is 12.5. The minimum atomic E-state index is -0.478. The summed E-state index contributed by atoms with van der Waals surface area (Å²) in [4.78, 5) is 24.8. The number of hydrogen-bond donors (Lipinski definition) is 4. The second-order valence-corrected chi connectivity index (χ2v) is 7.44. The Morgan fingerprint density at radius 1 is 0.812 bits per heavy atom. The lowest BCUT2D eigenvalue weighted by molar-refractivity contribution is -0.114. The Balaban J connectivity index is 1.55. The lowest BCUT2D eigenvalue weighted by atomic mass is 9.93. The quantitative estimate of drug-likeness (QED) is 0.273. The van der Waals surface area contributed by atoms with Crippen molar-refractivity contribution in [3.63, 3.8) is 0 Å². The smallest absolute Gasteiger partial charge is 0.260 e. The van der Waals surface area contributed by atoms with Crippen LogP contribution in [0.4, 0.5) is 0 Å². The molecule has 0 unspecified atom stereocenters. The van der Waals surface area contributed by atoms with Crippen LogP contribution < -0.4 is 10.6 Å². The Morgan fingerprint density at radius 2 is 1.62 bits per heavy atom. The van der Waals surface area contributed by atoms with Crippen LogP contribution in [0.5, 0.6) is 11.5 Å². The normalized spacial score (nSPS) is 14.4. The van der Waals surface area contributed by atoms with Crippen LogP contribution in [0.3, 0.4) is 0 Å². The van der Waals surface area contributed by atoms with Crippen molar-refractivity contribution in [2.24, 2.45) is 0 Å². The SMILES string of the molecule is O=C1NC(=O)c2ccc(C=CCc3ccccc3)cc2C1=CNCc1ccc(O)c(O)c1. The predicted molar refractivity (Wildman–Crippen MR) is 123 cm³/mol. The number of amides is 2. The Morgan fingerprint density at radius 3 is 2.41 bits per heavy atom. The fourth-order valence-corrected chi connectivity index (χ4v) is 3.48. The molecule has 4 rings (SSSR count). The Labute approximate surface area is 185 Å². The summed E-state index contributed by atoms with van der Waals surface area (Å²) in [6.07, 6.45) is 6.35. The molecular formula is C26H22N2O4. The van der Waals surface area contributed by atoms with Crippen molar-refractivity contribution in [2.45, 2.75) is 13.0 Å². The van der Waals surface area contributed by atoms with E-state index in [0.29, 0.717) is 23.2 Å². The number of rotatable bonds is 6. The first-order chi connectivity index (χ1) is 15.5. The van der Waals surface area contributed by atoms with Gasteiger partial charge in [-0.1, -0.05) is 54.6 Å².